The first-order chi connectivity index (χ1) is 7.93. The maximum Gasteiger partial charge on any atom is 0.182 e. The molecule has 2 N–H and O–H groups in total. The fourth-order valence-corrected chi connectivity index (χ4v) is 1.91. The molecular weight excluding hydrogens is 206 g/mol. The van der Waals surface area contributed by atoms with Gasteiger partial charge in [0.25, 0.3) is 0 Å². The van der Waals surface area contributed by atoms with E-state index in [1.54, 1.807) is 6.33 Å². The van der Waals surface area contributed by atoms with E-state index in [9.17, 15) is 0 Å². The third kappa shape index (κ3) is 1.71. The van der Waals surface area contributed by atoms with E-state index in [0.717, 1.165) is 37.4 Å². The van der Waals surface area contributed by atoms with E-state index in [0.29, 0.717) is 11.7 Å². The lowest BCUT2D eigenvalue weighted by Crippen LogP contribution is -2.28. The van der Waals surface area contributed by atoms with Crippen LogP contribution in [0.15, 0.2) is 12.7 Å². The molecule has 16 heavy (non-hydrogen) atoms. The van der Waals surface area contributed by atoms with Crippen molar-refractivity contribution in [1.82, 2.24) is 19.9 Å². The SMILES string of the molecule is c1nc(NC2CCOCC2)c2[nH]cnc2n1. The van der Waals surface area contributed by atoms with Crippen LogP contribution in [-0.2, 0) is 4.74 Å². The minimum atomic E-state index is 0.426. The number of nitrogens with one attached hydrogen (secondary N) is 2. The van der Waals surface area contributed by atoms with Gasteiger partial charge in [0.15, 0.2) is 11.5 Å². The van der Waals surface area contributed by atoms with Gasteiger partial charge in [-0.3, -0.25) is 0 Å². The van der Waals surface area contributed by atoms with Crippen LogP contribution in [0.3, 0.4) is 0 Å². The molecule has 1 aliphatic heterocycles. The average molecular weight is 219 g/mol. The number of aromatic nitrogens is 4. The highest BCUT2D eigenvalue weighted by atomic mass is 16.5. The Morgan fingerprint density at radius 1 is 1.25 bits per heavy atom. The van der Waals surface area contributed by atoms with Gasteiger partial charge in [0.05, 0.1) is 6.33 Å². The predicted octanol–water partition coefficient (Wildman–Crippen LogP) is 0.944. The number of nitrogens with zero attached hydrogens (tertiary/aromatic N) is 3. The molecule has 2 aromatic heterocycles. The van der Waals surface area contributed by atoms with Crippen molar-refractivity contribution in [2.24, 2.45) is 0 Å². The Bertz CT molecular complexity index is 477. The number of anilines is 1. The molecule has 0 atom stereocenters. The van der Waals surface area contributed by atoms with Crippen molar-refractivity contribution in [1.29, 1.82) is 0 Å². The molecule has 1 fully saturated rings. The second-order valence-corrected chi connectivity index (χ2v) is 3.85. The lowest BCUT2D eigenvalue weighted by atomic mass is 10.1. The van der Waals surface area contributed by atoms with E-state index in [1.165, 1.54) is 6.33 Å². The van der Waals surface area contributed by atoms with Gasteiger partial charge >= 0.3 is 0 Å². The molecule has 0 aromatic carbocycles. The fourth-order valence-electron chi connectivity index (χ4n) is 1.91. The van der Waals surface area contributed by atoms with E-state index in [-0.39, 0.29) is 0 Å². The van der Waals surface area contributed by atoms with Crippen molar-refractivity contribution in [3.63, 3.8) is 0 Å². The Morgan fingerprint density at radius 3 is 3.00 bits per heavy atom. The number of H-pyrrole nitrogens is 1. The van der Waals surface area contributed by atoms with Gasteiger partial charge in [-0.2, -0.15) is 0 Å². The fraction of sp³-hybridized carbons (Fsp3) is 0.500. The topological polar surface area (TPSA) is 75.7 Å². The summed E-state index contributed by atoms with van der Waals surface area (Å²) in [5.74, 6) is 0.828. The quantitative estimate of drug-likeness (QED) is 0.786. The van der Waals surface area contributed by atoms with Crippen LogP contribution in [0.2, 0.25) is 0 Å². The first kappa shape index (κ1) is 9.53. The first-order valence-corrected chi connectivity index (χ1v) is 5.42. The van der Waals surface area contributed by atoms with Crippen LogP contribution in [0.1, 0.15) is 12.8 Å². The summed E-state index contributed by atoms with van der Waals surface area (Å²) >= 11 is 0. The molecule has 0 bridgehead atoms. The summed E-state index contributed by atoms with van der Waals surface area (Å²) in [7, 11) is 0. The van der Waals surface area contributed by atoms with Gasteiger partial charge in [0, 0.05) is 19.3 Å². The molecule has 2 aromatic rings. The van der Waals surface area contributed by atoms with Gasteiger partial charge in [0.2, 0.25) is 0 Å². The highest BCUT2D eigenvalue weighted by Gasteiger charge is 2.15. The maximum absolute atomic E-state index is 5.32. The number of aromatic amines is 1. The van der Waals surface area contributed by atoms with Gasteiger partial charge in [-0.25, -0.2) is 15.0 Å². The zero-order valence-corrected chi connectivity index (χ0v) is 8.81. The zero-order valence-electron chi connectivity index (χ0n) is 8.81. The summed E-state index contributed by atoms with van der Waals surface area (Å²) in [6, 6.07) is 0.426. The van der Waals surface area contributed by atoms with Crippen molar-refractivity contribution in [3.8, 4) is 0 Å². The van der Waals surface area contributed by atoms with Crippen molar-refractivity contribution < 1.29 is 4.74 Å². The van der Waals surface area contributed by atoms with Crippen LogP contribution in [-0.4, -0.2) is 39.2 Å². The Morgan fingerprint density at radius 2 is 2.12 bits per heavy atom. The minimum Gasteiger partial charge on any atom is -0.381 e. The Balaban J connectivity index is 1.85. The van der Waals surface area contributed by atoms with Gasteiger partial charge < -0.3 is 15.0 Å². The van der Waals surface area contributed by atoms with Gasteiger partial charge in [-0.15, -0.1) is 0 Å². The van der Waals surface area contributed by atoms with Crippen LogP contribution in [0, 0.1) is 0 Å². The minimum absolute atomic E-state index is 0.426. The molecule has 0 spiro atoms. The van der Waals surface area contributed by atoms with Crippen molar-refractivity contribution >= 4 is 17.0 Å². The number of ether oxygens (including phenoxy) is 1. The molecule has 0 saturated carbocycles. The Hall–Kier alpha value is -1.69. The van der Waals surface area contributed by atoms with Gasteiger partial charge in [0.1, 0.15) is 11.8 Å². The monoisotopic (exact) mass is 219 g/mol. The maximum atomic E-state index is 5.32. The predicted molar refractivity (Wildman–Crippen MR) is 59.1 cm³/mol. The summed E-state index contributed by atoms with van der Waals surface area (Å²) < 4.78 is 5.32. The largest absolute Gasteiger partial charge is 0.381 e. The molecule has 84 valence electrons. The molecular formula is C10H13N5O. The average Bonchev–Trinajstić information content (AvgIpc) is 2.80. The second-order valence-electron chi connectivity index (χ2n) is 3.85. The smallest absolute Gasteiger partial charge is 0.182 e. The summed E-state index contributed by atoms with van der Waals surface area (Å²) in [6.07, 6.45) is 5.19. The molecule has 0 amide bonds. The van der Waals surface area contributed by atoms with E-state index >= 15 is 0 Å². The molecule has 1 saturated heterocycles. The molecule has 0 aliphatic carbocycles. The Labute approximate surface area is 92.5 Å². The summed E-state index contributed by atoms with van der Waals surface area (Å²) in [5, 5.41) is 3.41. The molecule has 3 heterocycles. The standard InChI is InChI=1S/C10H13N5O/c1-3-16-4-2-7(1)15-10-8-9(12-5-11-8)13-6-14-10/h5-7H,1-4H2,(H2,11,12,13,14,15). The number of hydrogen-bond donors (Lipinski definition) is 2. The molecule has 6 nitrogen and oxygen atoms in total. The number of fused-ring (bicyclic) bond motifs is 1. The highest BCUT2D eigenvalue weighted by molar-refractivity contribution is 5.82. The molecule has 6 heteroatoms. The van der Waals surface area contributed by atoms with Crippen LogP contribution < -0.4 is 5.32 Å². The summed E-state index contributed by atoms with van der Waals surface area (Å²) in [6.45, 7) is 1.63. The van der Waals surface area contributed by atoms with E-state index in [1.807, 2.05) is 0 Å². The lowest BCUT2D eigenvalue weighted by Gasteiger charge is -2.23. The molecule has 3 rings (SSSR count). The third-order valence-electron chi connectivity index (χ3n) is 2.79. The van der Waals surface area contributed by atoms with Gasteiger partial charge in [-0.1, -0.05) is 0 Å². The van der Waals surface area contributed by atoms with Crippen molar-refractivity contribution in [2.45, 2.75) is 18.9 Å². The summed E-state index contributed by atoms with van der Waals surface area (Å²) in [5.41, 5.74) is 1.57. The van der Waals surface area contributed by atoms with Crippen LogP contribution >= 0.6 is 0 Å². The number of rotatable bonds is 2. The second kappa shape index (κ2) is 4.05. The van der Waals surface area contributed by atoms with E-state index in [4.69, 9.17) is 4.74 Å². The zero-order chi connectivity index (χ0) is 10.8. The molecule has 0 unspecified atom stereocenters. The molecule has 1 aliphatic rings. The highest BCUT2D eigenvalue weighted by Crippen LogP contribution is 2.18. The van der Waals surface area contributed by atoms with E-state index in [2.05, 4.69) is 25.3 Å². The summed E-state index contributed by atoms with van der Waals surface area (Å²) in [4.78, 5) is 15.5. The van der Waals surface area contributed by atoms with Crippen LogP contribution in [0.5, 0.6) is 0 Å². The third-order valence-corrected chi connectivity index (χ3v) is 2.79. The van der Waals surface area contributed by atoms with Crippen molar-refractivity contribution in [2.75, 3.05) is 18.5 Å². The van der Waals surface area contributed by atoms with Gasteiger partial charge in [-0.05, 0) is 12.8 Å². The Kier molecular flexibility index (Phi) is 2.41. The van der Waals surface area contributed by atoms with Crippen molar-refractivity contribution in [3.05, 3.63) is 12.7 Å². The lowest BCUT2D eigenvalue weighted by molar-refractivity contribution is 0.0904. The number of imidazole rings is 1. The first-order valence-electron chi connectivity index (χ1n) is 5.42. The number of hydrogen-bond acceptors (Lipinski definition) is 5. The molecule has 0 radical (unpaired) electrons. The normalized spacial score (nSPS) is 17.8. The van der Waals surface area contributed by atoms with Crippen LogP contribution in [0.25, 0.3) is 11.2 Å². The van der Waals surface area contributed by atoms with E-state index < -0.39 is 0 Å². The van der Waals surface area contributed by atoms with Crippen LogP contribution in [0.4, 0.5) is 5.82 Å².